The molecule has 0 aliphatic carbocycles. The van der Waals surface area contributed by atoms with Gasteiger partial charge in [0.25, 0.3) is 0 Å². The monoisotopic (exact) mass is 2250 g/mol. The Kier molecular flexibility index (Phi) is 47.1. The van der Waals surface area contributed by atoms with Gasteiger partial charge in [-0.25, -0.2) is 19.2 Å². The Morgan fingerprint density at radius 2 is 0.781 bits per heavy atom. The fraction of sp³-hybridized carbons (Fsp3) is 0.215. The second-order valence-electron chi connectivity index (χ2n) is 31.6. The summed E-state index contributed by atoms with van der Waals surface area (Å²) in [6.07, 6.45) is 30.5. The number of halogens is 7. The number of esters is 4. The first-order valence-electron chi connectivity index (χ1n) is 46.0. The number of fused-ring (bicyclic) bond motifs is 5. The number of rotatable bonds is 28. The Morgan fingerprint density at radius 1 is 0.404 bits per heavy atom. The summed E-state index contributed by atoms with van der Waals surface area (Å²) in [6.45, 7) is 23.7. The van der Waals surface area contributed by atoms with E-state index in [1.54, 1.807) is 106 Å². The molecule has 26 nitrogen and oxygen atoms in total. The number of aromatic nitrogens is 15. The van der Waals surface area contributed by atoms with E-state index in [2.05, 4.69) is 148 Å². The van der Waals surface area contributed by atoms with Gasteiger partial charge in [0.05, 0.1) is 139 Å². The normalized spacial score (nSPS) is 10.6. The molecule has 9 aromatic carbocycles. The van der Waals surface area contributed by atoms with Crippen molar-refractivity contribution >= 4 is 225 Å². The molecule has 39 heteroatoms. The molecule has 0 fully saturated rings. The number of aromatic amines is 1. The summed E-state index contributed by atoms with van der Waals surface area (Å²) in [4.78, 5) is 57.0. The van der Waals surface area contributed by atoms with Gasteiger partial charge < -0.3 is 44.0 Å². The van der Waals surface area contributed by atoms with Crippen molar-refractivity contribution in [1.82, 2.24) is 72.2 Å². The SMILES string of the molecule is CCCn1cc(-n2c(Br)c(Sc3cccc(C(=O)OCC)c3)c3ccc(Cl)cc32)cn1.CCCn1cc(-n2c(C#N)c(Sc3cccc(C(=O)OCC)c3)c3ccc(Cl)cc32)cn1.CCCn1cc(-n2cc(Sc3cccc(C(=O)OCC)c3)c3ccc(Cl)cc32)cn1.CCCn1cc(-n2ccc3ccc(Cl)cc32)cn1.CCCn1cc(Br)cn1.CCOC(=O)c1cccc(S)c1.Clc1ccc2cc[nH]c2c1.O.[B].[Li+].[OH-]. The minimum absolute atomic E-state index is 0. The Morgan fingerprint density at radius 3 is 1.24 bits per heavy atom. The first-order valence-corrected chi connectivity index (χ1v) is 52.4. The van der Waals surface area contributed by atoms with Crippen LogP contribution in [0.4, 0.5) is 0 Å². The molecule has 0 amide bonds. The van der Waals surface area contributed by atoms with Gasteiger partial charge in [0.2, 0.25) is 0 Å². The van der Waals surface area contributed by atoms with Gasteiger partial charge in [-0.1, -0.05) is 183 Å². The molecular formula is C107H106BBr2Cl5LiN16O10S4. The van der Waals surface area contributed by atoms with E-state index in [0.717, 1.165) is 185 Å². The van der Waals surface area contributed by atoms with E-state index in [0.29, 0.717) is 69.4 Å². The molecule has 0 saturated heterocycles. The number of hydrogen-bond donors (Lipinski definition) is 2. The van der Waals surface area contributed by atoms with E-state index >= 15 is 0 Å². The Bertz CT molecular complexity index is 7620. The van der Waals surface area contributed by atoms with Crippen LogP contribution in [0.25, 0.3) is 77.3 Å². The predicted octanol–water partition coefficient (Wildman–Crippen LogP) is 25.8. The molecule has 0 unspecified atom stereocenters. The Hall–Kier alpha value is -11.5. The van der Waals surface area contributed by atoms with Gasteiger partial charge in [0.1, 0.15) is 16.4 Å². The maximum atomic E-state index is 12.2. The van der Waals surface area contributed by atoms with Gasteiger partial charge in [-0.05, 0) is 243 Å². The van der Waals surface area contributed by atoms with Crippen LogP contribution in [0.2, 0.25) is 25.1 Å². The number of carbonyl (C=O) groups is 4. The van der Waals surface area contributed by atoms with E-state index in [9.17, 15) is 24.4 Å². The summed E-state index contributed by atoms with van der Waals surface area (Å²) >= 11 is 46.6. The molecule has 19 rings (SSSR count). The average Bonchev–Trinajstić information content (AvgIpc) is 1.61. The third-order valence-corrected chi connectivity index (χ3v) is 27.3. The van der Waals surface area contributed by atoms with E-state index < -0.39 is 0 Å². The minimum Gasteiger partial charge on any atom is -0.870 e. The second kappa shape index (κ2) is 58.3. The molecule has 146 heavy (non-hydrogen) atoms. The second-order valence-corrected chi connectivity index (χ2v) is 39.3. The average molecular weight is 2260 g/mol. The summed E-state index contributed by atoms with van der Waals surface area (Å²) in [5, 5.41) is 40.8. The molecule has 0 saturated carbocycles. The van der Waals surface area contributed by atoms with Crippen molar-refractivity contribution in [2.24, 2.45) is 0 Å². The van der Waals surface area contributed by atoms with Crippen LogP contribution in [0.3, 0.4) is 0 Å². The van der Waals surface area contributed by atoms with Crippen LogP contribution in [-0.2, 0) is 51.7 Å². The standard InChI is InChI=1S/C24H21ClN4O2S.C23H21BrClN3O2S.C23H22ClN3O2S.C14H14ClN3.C9H10O2S.C8H6ClN.C6H9BrN2.B.Li.2H2O/c1-3-10-28-15-18(14-27-28)29-21-12-17(25)8-9-20(21)23(22(29)13-26)32-19-7-5-6-16(11-19)24(30)31-4-2;1-3-10-27-14-17(13-26-27)28-20-12-16(25)8-9-19(20)21(22(28)24)31-18-7-5-6-15(11-18)23(29)30-4-2;1-3-10-26-14-18(13-25-26)27-15-22(20-9-8-17(24)12-21(20)27)30-19-7-5-6-16(11-19)23(28)29-4-2;1-2-6-17-10-13(9-16-17)18-7-5-11-3-4-12(15)8-14(11)18;1-2-11-9(10)7-4-3-5-8(12)6-7;9-7-2-1-6-3-4-10-8(6)5-7;1-2-3-9-5-6(7)4-8-9;;;;/h5-9,11-12,14-15H,3-4,10H2,1-2H3;5-9,11-14H,3-4,10H2,1-2H3;5-9,11-15H,3-4,10H2,1-2H3;3-5,7-10H,2,6H2,1H3;3-6,12H,2H2,1H3;1-5,10H;4-5H,2-3H2,1H3;;;2*1H2/q;;;;;;;;+1;;/p-1. The number of nitriles is 1. The van der Waals surface area contributed by atoms with Crippen molar-refractivity contribution < 1.29 is 67.9 Å². The molecular weight excluding hydrogens is 2150 g/mol. The number of thiol groups is 1. The van der Waals surface area contributed by atoms with Crippen molar-refractivity contribution in [1.29, 1.82) is 5.26 Å². The van der Waals surface area contributed by atoms with E-state index in [1.807, 2.05) is 235 Å². The first-order chi connectivity index (χ1) is 68.8. The van der Waals surface area contributed by atoms with Gasteiger partial charge in [0.15, 0.2) is 0 Å². The van der Waals surface area contributed by atoms with Crippen molar-refractivity contribution in [3.63, 3.8) is 0 Å². The zero-order valence-electron chi connectivity index (χ0n) is 81.8. The fourth-order valence-electron chi connectivity index (χ4n) is 15.0. The molecule has 0 atom stereocenters. The number of benzene rings is 9. The van der Waals surface area contributed by atoms with Crippen molar-refractivity contribution in [3.05, 3.63) is 343 Å². The summed E-state index contributed by atoms with van der Waals surface area (Å²) < 4.78 is 40.0. The molecule has 751 valence electrons. The van der Waals surface area contributed by atoms with Crippen LogP contribution in [0, 0.1) is 11.3 Å². The number of nitrogens with zero attached hydrogens (tertiary/aromatic N) is 15. The van der Waals surface area contributed by atoms with Crippen molar-refractivity contribution in [2.45, 2.75) is 161 Å². The number of carbonyl (C=O) groups excluding carboxylic acids is 4. The van der Waals surface area contributed by atoms with Gasteiger partial charge in [-0.15, -0.1) is 12.6 Å². The molecule has 19 aromatic rings. The van der Waals surface area contributed by atoms with Gasteiger partial charge in [-0.3, -0.25) is 32.5 Å². The number of ether oxygens (including phenoxy) is 4. The summed E-state index contributed by atoms with van der Waals surface area (Å²) in [6, 6.07) is 64.7. The van der Waals surface area contributed by atoms with Crippen LogP contribution in [0.1, 0.15) is 142 Å². The van der Waals surface area contributed by atoms with Gasteiger partial charge in [0, 0.05) is 167 Å². The third-order valence-electron chi connectivity index (χ3n) is 21.2. The molecule has 0 bridgehead atoms. The number of aryl methyl sites for hydroxylation is 5. The van der Waals surface area contributed by atoms with Crippen LogP contribution in [-0.4, -0.2) is 142 Å². The summed E-state index contributed by atoms with van der Waals surface area (Å²) in [5.74, 6) is -1.29. The van der Waals surface area contributed by atoms with Crippen molar-refractivity contribution in [3.8, 4) is 28.8 Å². The zero-order chi connectivity index (χ0) is 101. The Balaban J connectivity index is 0.000000197. The van der Waals surface area contributed by atoms with E-state index in [1.165, 1.54) is 22.5 Å². The van der Waals surface area contributed by atoms with Crippen LogP contribution < -0.4 is 18.9 Å². The molecule has 0 aliphatic heterocycles. The number of hydrogen-bond acceptors (Lipinski definition) is 19. The fourth-order valence-corrected chi connectivity index (χ4v) is 20.3. The molecule has 0 spiro atoms. The maximum absolute atomic E-state index is 12.2. The number of H-pyrrole nitrogens is 1. The molecule has 10 aromatic heterocycles. The maximum Gasteiger partial charge on any atom is 1.00 e. The summed E-state index contributed by atoms with van der Waals surface area (Å²) in [5.41, 5.74) is 11.4. The van der Waals surface area contributed by atoms with Gasteiger partial charge in [-0.2, -0.15) is 30.8 Å². The third kappa shape index (κ3) is 31.3. The predicted molar refractivity (Wildman–Crippen MR) is 594 cm³/mol. The summed E-state index contributed by atoms with van der Waals surface area (Å²) in [7, 11) is 0. The van der Waals surface area contributed by atoms with Crippen molar-refractivity contribution in [2.75, 3.05) is 26.4 Å². The first kappa shape index (κ1) is 118. The van der Waals surface area contributed by atoms with E-state index in [4.69, 9.17) is 77.0 Å². The van der Waals surface area contributed by atoms with Crippen LogP contribution in [0.15, 0.2) is 324 Å². The molecule has 10 heterocycles. The molecule has 3 radical (unpaired) electrons. The zero-order valence-corrected chi connectivity index (χ0v) is 92.1. The topological polar surface area (TPSA) is 315 Å². The number of nitrogens with one attached hydrogen (secondary N) is 1. The van der Waals surface area contributed by atoms with Crippen LogP contribution >= 0.6 is 138 Å². The smallest absolute Gasteiger partial charge is 0.870 e. The van der Waals surface area contributed by atoms with Gasteiger partial charge >= 0.3 is 42.7 Å². The minimum atomic E-state index is -0.368. The Labute approximate surface area is 921 Å². The largest absolute Gasteiger partial charge is 1.00 e. The molecule has 0 aliphatic rings. The van der Waals surface area contributed by atoms with E-state index in [-0.39, 0.29) is 62.1 Å². The molecule has 4 N–H and O–H groups in total. The quantitative estimate of drug-likeness (QED) is 0.0199. The van der Waals surface area contributed by atoms with Crippen LogP contribution in [0.5, 0.6) is 0 Å².